The highest BCUT2D eigenvalue weighted by molar-refractivity contribution is 7.94. The number of thiophene rings is 1. The van der Waals surface area contributed by atoms with Gasteiger partial charge in [-0.05, 0) is 31.4 Å². The molecule has 0 unspecified atom stereocenters. The van der Waals surface area contributed by atoms with E-state index in [4.69, 9.17) is 0 Å². The van der Waals surface area contributed by atoms with Gasteiger partial charge in [-0.15, -0.1) is 11.3 Å². The van der Waals surface area contributed by atoms with Gasteiger partial charge >= 0.3 is 0 Å². The quantitative estimate of drug-likeness (QED) is 0.849. The lowest BCUT2D eigenvalue weighted by Crippen LogP contribution is -2.14. The molecule has 0 aliphatic heterocycles. The van der Waals surface area contributed by atoms with Crippen LogP contribution in [-0.2, 0) is 23.6 Å². The first-order valence-electron chi connectivity index (χ1n) is 6.79. The molecular formula is C13H18N4O2S2. The van der Waals surface area contributed by atoms with E-state index in [1.165, 1.54) is 24.2 Å². The molecule has 1 aliphatic rings. The summed E-state index contributed by atoms with van der Waals surface area (Å²) in [5, 5.41) is 7.45. The summed E-state index contributed by atoms with van der Waals surface area (Å²) in [5.74, 6) is 0.334. The van der Waals surface area contributed by atoms with E-state index >= 15 is 0 Å². The largest absolute Gasteiger partial charge is 0.309 e. The zero-order valence-corrected chi connectivity index (χ0v) is 13.6. The summed E-state index contributed by atoms with van der Waals surface area (Å²) in [7, 11) is -1.81. The summed E-state index contributed by atoms with van der Waals surface area (Å²) in [4.78, 5) is 1.07. The molecule has 0 amide bonds. The summed E-state index contributed by atoms with van der Waals surface area (Å²) in [6.07, 6.45) is 4.14. The molecule has 8 heteroatoms. The van der Waals surface area contributed by atoms with Crippen molar-refractivity contribution in [2.24, 2.45) is 7.05 Å². The molecule has 6 nitrogen and oxygen atoms in total. The van der Waals surface area contributed by atoms with Crippen LogP contribution in [0.4, 0.5) is 5.82 Å². The molecule has 1 fully saturated rings. The third kappa shape index (κ3) is 3.45. The Hall–Kier alpha value is -1.38. The fourth-order valence-corrected chi connectivity index (χ4v) is 4.51. The molecule has 3 rings (SSSR count). The maximum absolute atomic E-state index is 12.4. The summed E-state index contributed by atoms with van der Waals surface area (Å²) in [6, 6.07) is 3.96. The summed E-state index contributed by atoms with van der Waals surface area (Å²) >= 11 is 1.31. The Labute approximate surface area is 128 Å². The van der Waals surface area contributed by atoms with Crippen LogP contribution in [0.3, 0.4) is 0 Å². The van der Waals surface area contributed by atoms with E-state index in [9.17, 15) is 8.42 Å². The first kappa shape index (κ1) is 14.6. The van der Waals surface area contributed by atoms with E-state index in [-0.39, 0.29) is 0 Å². The molecule has 0 aromatic carbocycles. The third-order valence-corrected chi connectivity index (χ3v) is 6.41. The van der Waals surface area contributed by atoms with Crippen molar-refractivity contribution in [2.45, 2.75) is 36.6 Å². The fourth-order valence-electron chi connectivity index (χ4n) is 1.98. The number of anilines is 1. The van der Waals surface area contributed by atoms with Crippen LogP contribution in [0.2, 0.25) is 0 Å². The van der Waals surface area contributed by atoms with E-state index in [1.807, 2.05) is 6.92 Å². The van der Waals surface area contributed by atoms with Crippen LogP contribution < -0.4 is 10.0 Å². The van der Waals surface area contributed by atoms with Crippen LogP contribution in [0.15, 0.2) is 22.5 Å². The second kappa shape index (κ2) is 5.43. The molecule has 2 aromatic heterocycles. The van der Waals surface area contributed by atoms with Crippen molar-refractivity contribution in [1.29, 1.82) is 0 Å². The number of nitrogens with zero attached hydrogens (tertiary/aromatic N) is 2. The Morgan fingerprint density at radius 1 is 1.48 bits per heavy atom. The zero-order chi connectivity index (χ0) is 15.0. The van der Waals surface area contributed by atoms with Crippen molar-refractivity contribution in [2.75, 3.05) is 4.72 Å². The number of aromatic nitrogens is 2. The molecule has 0 spiro atoms. The lowest BCUT2D eigenvalue weighted by Gasteiger charge is -2.02. The average molecular weight is 326 g/mol. The molecule has 0 bridgehead atoms. The zero-order valence-electron chi connectivity index (χ0n) is 12.0. The van der Waals surface area contributed by atoms with Crippen LogP contribution in [0.1, 0.15) is 23.3 Å². The molecular weight excluding hydrogens is 308 g/mol. The van der Waals surface area contributed by atoms with Gasteiger partial charge in [-0.25, -0.2) is 8.42 Å². The lowest BCUT2D eigenvalue weighted by molar-refractivity contribution is 0.602. The SMILES string of the molecule is Cc1cc(S(=O)(=O)Nc2ccn(C)n2)sc1CNC1CC1. The maximum atomic E-state index is 12.4. The molecule has 1 saturated carbocycles. The monoisotopic (exact) mass is 326 g/mol. The van der Waals surface area contributed by atoms with Gasteiger partial charge in [-0.3, -0.25) is 9.40 Å². The van der Waals surface area contributed by atoms with E-state index in [2.05, 4.69) is 15.1 Å². The van der Waals surface area contributed by atoms with Crippen molar-refractivity contribution < 1.29 is 8.42 Å². The van der Waals surface area contributed by atoms with Crippen LogP contribution in [0.5, 0.6) is 0 Å². The van der Waals surface area contributed by atoms with Gasteiger partial charge < -0.3 is 5.32 Å². The van der Waals surface area contributed by atoms with Crippen molar-refractivity contribution in [1.82, 2.24) is 15.1 Å². The van der Waals surface area contributed by atoms with Gasteiger partial charge in [-0.1, -0.05) is 0 Å². The predicted octanol–water partition coefficient (Wildman–Crippen LogP) is 1.84. The lowest BCUT2D eigenvalue weighted by atomic mass is 10.3. The molecule has 2 N–H and O–H groups in total. The van der Waals surface area contributed by atoms with Crippen molar-refractivity contribution in [3.63, 3.8) is 0 Å². The first-order chi connectivity index (χ1) is 9.94. The minimum absolute atomic E-state index is 0.332. The second-order valence-electron chi connectivity index (χ2n) is 5.31. The van der Waals surface area contributed by atoms with E-state index < -0.39 is 10.0 Å². The van der Waals surface area contributed by atoms with E-state index in [1.54, 1.807) is 30.1 Å². The Kier molecular flexibility index (Phi) is 3.76. The van der Waals surface area contributed by atoms with Gasteiger partial charge in [-0.2, -0.15) is 5.10 Å². The van der Waals surface area contributed by atoms with Gasteiger partial charge in [0.2, 0.25) is 0 Å². The first-order valence-corrected chi connectivity index (χ1v) is 9.09. The third-order valence-electron chi connectivity index (χ3n) is 3.34. The Balaban J connectivity index is 1.76. The molecule has 2 aromatic rings. The highest BCUT2D eigenvalue weighted by atomic mass is 32.2. The smallest absolute Gasteiger partial charge is 0.272 e. The minimum atomic E-state index is -3.56. The molecule has 0 radical (unpaired) electrons. The standard InChI is InChI=1S/C13H18N4O2S2/c1-9-7-13(20-11(9)8-14-10-3-4-10)21(18,19)16-12-5-6-17(2)15-12/h5-7,10,14H,3-4,8H2,1-2H3,(H,15,16). The number of nitrogens with one attached hydrogen (secondary N) is 2. The Bertz CT molecular complexity index is 744. The van der Waals surface area contributed by atoms with Crippen molar-refractivity contribution in [3.8, 4) is 0 Å². The van der Waals surface area contributed by atoms with E-state index in [0.717, 1.165) is 17.0 Å². The summed E-state index contributed by atoms with van der Waals surface area (Å²) in [6.45, 7) is 2.68. The van der Waals surface area contributed by atoms with Gasteiger partial charge in [0.15, 0.2) is 5.82 Å². The average Bonchev–Trinajstić information content (AvgIpc) is 3.04. The Morgan fingerprint density at radius 2 is 2.24 bits per heavy atom. The number of aryl methyl sites for hydroxylation is 2. The molecule has 114 valence electrons. The van der Waals surface area contributed by atoms with Gasteiger partial charge in [0.25, 0.3) is 10.0 Å². The van der Waals surface area contributed by atoms with Crippen LogP contribution in [-0.4, -0.2) is 24.2 Å². The predicted molar refractivity (Wildman–Crippen MR) is 82.9 cm³/mol. The number of hydrogen-bond donors (Lipinski definition) is 2. The Morgan fingerprint density at radius 3 is 2.86 bits per heavy atom. The maximum Gasteiger partial charge on any atom is 0.272 e. The fraction of sp³-hybridized carbons (Fsp3) is 0.462. The van der Waals surface area contributed by atoms with Crippen molar-refractivity contribution in [3.05, 3.63) is 28.8 Å². The van der Waals surface area contributed by atoms with Gasteiger partial charge in [0.05, 0.1) is 0 Å². The normalized spacial score (nSPS) is 15.3. The second-order valence-corrected chi connectivity index (χ2v) is 8.35. The van der Waals surface area contributed by atoms with Crippen LogP contribution >= 0.6 is 11.3 Å². The molecule has 1 aliphatic carbocycles. The van der Waals surface area contributed by atoms with Gasteiger partial charge in [0, 0.05) is 36.8 Å². The topological polar surface area (TPSA) is 76.0 Å². The molecule has 0 atom stereocenters. The number of sulfonamides is 1. The van der Waals surface area contributed by atoms with E-state index in [0.29, 0.717) is 16.1 Å². The number of hydrogen-bond acceptors (Lipinski definition) is 5. The molecule has 2 heterocycles. The summed E-state index contributed by atoms with van der Waals surface area (Å²) < 4.78 is 29.1. The van der Waals surface area contributed by atoms with Crippen molar-refractivity contribution >= 4 is 27.2 Å². The van der Waals surface area contributed by atoms with Crippen LogP contribution in [0, 0.1) is 6.92 Å². The summed E-state index contributed by atoms with van der Waals surface area (Å²) in [5.41, 5.74) is 1.01. The van der Waals surface area contributed by atoms with Gasteiger partial charge in [0.1, 0.15) is 4.21 Å². The minimum Gasteiger partial charge on any atom is -0.309 e. The highest BCUT2D eigenvalue weighted by Crippen LogP contribution is 2.28. The molecule has 21 heavy (non-hydrogen) atoms. The number of rotatable bonds is 6. The molecule has 0 saturated heterocycles. The highest BCUT2D eigenvalue weighted by Gasteiger charge is 2.23. The van der Waals surface area contributed by atoms with Crippen LogP contribution in [0.25, 0.3) is 0 Å².